The van der Waals surface area contributed by atoms with Crippen molar-refractivity contribution in [2.24, 2.45) is 0 Å². The van der Waals surface area contributed by atoms with Gasteiger partial charge in [0.25, 0.3) is 15.9 Å². The standard InChI is InChI=1S/C25H24N2O5S/c1-3-32-24(28)18-11-19-9-14-21(15-10-19)26-25(29)20-12-16-23(17-13-20)33(30,31)27(2)22-7-5-4-6-8-22/h4-18H,3H2,1-2H3,(H,26,29)/b18-11+. The molecule has 0 radical (unpaired) electrons. The van der Waals surface area contributed by atoms with Crippen molar-refractivity contribution in [2.45, 2.75) is 11.8 Å². The van der Waals surface area contributed by atoms with Crippen LogP contribution in [0, 0.1) is 0 Å². The fourth-order valence-corrected chi connectivity index (χ4v) is 4.14. The van der Waals surface area contributed by atoms with Gasteiger partial charge in [-0.2, -0.15) is 0 Å². The highest BCUT2D eigenvalue weighted by molar-refractivity contribution is 7.92. The zero-order valence-electron chi connectivity index (χ0n) is 18.3. The summed E-state index contributed by atoms with van der Waals surface area (Å²) in [6.45, 7) is 2.05. The van der Waals surface area contributed by atoms with E-state index in [4.69, 9.17) is 4.74 Å². The third kappa shape index (κ3) is 6.08. The molecule has 0 heterocycles. The van der Waals surface area contributed by atoms with Crippen molar-refractivity contribution in [3.05, 3.63) is 96.1 Å². The quantitative estimate of drug-likeness (QED) is 0.395. The van der Waals surface area contributed by atoms with Crippen molar-refractivity contribution in [3.8, 4) is 0 Å². The number of hydrogen-bond donors (Lipinski definition) is 1. The molecule has 0 aliphatic heterocycles. The van der Waals surface area contributed by atoms with Crippen LogP contribution in [0.3, 0.4) is 0 Å². The molecule has 0 saturated carbocycles. The van der Waals surface area contributed by atoms with Crippen LogP contribution in [-0.4, -0.2) is 33.9 Å². The summed E-state index contributed by atoms with van der Waals surface area (Å²) < 4.78 is 31.7. The number of amides is 1. The van der Waals surface area contributed by atoms with Gasteiger partial charge in [0.2, 0.25) is 0 Å². The van der Waals surface area contributed by atoms with Gasteiger partial charge in [-0.3, -0.25) is 9.10 Å². The molecule has 1 N–H and O–H groups in total. The van der Waals surface area contributed by atoms with Crippen LogP contribution in [0.2, 0.25) is 0 Å². The molecule has 0 aliphatic rings. The predicted octanol–water partition coefficient (Wildman–Crippen LogP) is 4.34. The van der Waals surface area contributed by atoms with E-state index in [0.29, 0.717) is 23.5 Å². The number of nitrogens with zero attached hydrogens (tertiary/aromatic N) is 1. The summed E-state index contributed by atoms with van der Waals surface area (Å²) in [4.78, 5) is 24.0. The molecule has 1 amide bonds. The molecule has 3 rings (SSSR count). The van der Waals surface area contributed by atoms with Gasteiger partial charge in [-0.05, 0) is 67.1 Å². The Morgan fingerprint density at radius 1 is 0.939 bits per heavy atom. The molecule has 7 nitrogen and oxygen atoms in total. The van der Waals surface area contributed by atoms with Crippen molar-refractivity contribution in [1.29, 1.82) is 0 Å². The molecule has 3 aromatic rings. The van der Waals surface area contributed by atoms with E-state index in [0.717, 1.165) is 5.56 Å². The van der Waals surface area contributed by atoms with Gasteiger partial charge in [0.1, 0.15) is 0 Å². The maximum Gasteiger partial charge on any atom is 0.330 e. The molecule has 33 heavy (non-hydrogen) atoms. The largest absolute Gasteiger partial charge is 0.463 e. The van der Waals surface area contributed by atoms with Gasteiger partial charge < -0.3 is 10.1 Å². The lowest BCUT2D eigenvalue weighted by Gasteiger charge is -2.19. The second-order valence-electron chi connectivity index (χ2n) is 6.99. The minimum absolute atomic E-state index is 0.0862. The van der Waals surface area contributed by atoms with Gasteiger partial charge in [0.05, 0.1) is 17.2 Å². The highest BCUT2D eigenvalue weighted by atomic mass is 32.2. The summed E-state index contributed by atoms with van der Waals surface area (Å²) in [7, 11) is -2.27. The number of rotatable bonds is 8. The molecule has 0 atom stereocenters. The van der Waals surface area contributed by atoms with Crippen molar-refractivity contribution in [3.63, 3.8) is 0 Å². The van der Waals surface area contributed by atoms with Crippen molar-refractivity contribution in [1.82, 2.24) is 0 Å². The number of carbonyl (C=O) groups is 2. The molecule has 3 aromatic carbocycles. The van der Waals surface area contributed by atoms with Crippen LogP contribution in [-0.2, 0) is 19.6 Å². The molecule has 0 fully saturated rings. The van der Waals surface area contributed by atoms with Gasteiger partial charge in [-0.15, -0.1) is 0 Å². The highest BCUT2D eigenvalue weighted by Gasteiger charge is 2.21. The summed E-state index contributed by atoms with van der Waals surface area (Å²) in [6, 6.07) is 21.4. The summed E-state index contributed by atoms with van der Waals surface area (Å²) in [5.41, 5.74) is 2.20. The van der Waals surface area contributed by atoms with Gasteiger partial charge in [-0.1, -0.05) is 30.3 Å². The van der Waals surface area contributed by atoms with Crippen molar-refractivity contribution < 1.29 is 22.7 Å². The Morgan fingerprint density at radius 3 is 2.18 bits per heavy atom. The zero-order chi connectivity index (χ0) is 23.8. The highest BCUT2D eigenvalue weighted by Crippen LogP contribution is 2.22. The molecule has 8 heteroatoms. The first-order chi connectivity index (χ1) is 15.8. The van der Waals surface area contributed by atoms with Crippen LogP contribution in [0.5, 0.6) is 0 Å². The number of esters is 1. The number of para-hydroxylation sites is 1. The number of hydrogen-bond acceptors (Lipinski definition) is 5. The lowest BCUT2D eigenvalue weighted by Crippen LogP contribution is -2.26. The van der Waals surface area contributed by atoms with Gasteiger partial charge in [-0.25, -0.2) is 13.2 Å². The van der Waals surface area contributed by atoms with Crippen LogP contribution in [0.15, 0.2) is 89.8 Å². The monoisotopic (exact) mass is 464 g/mol. The molecule has 0 saturated heterocycles. The molecule has 0 spiro atoms. The van der Waals surface area contributed by atoms with E-state index in [-0.39, 0.29) is 10.8 Å². The predicted molar refractivity (Wildman–Crippen MR) is 129 cm³/mol. The molecular weight excluding hydrogens is 440 g/mol. The van der Waals surface area contributed by atoms with Gasteiger partial charge in [0, 0.05) is 24.4 Å². The normalized spacial score (nSPS) is 11.2. The average Bonchev–Trinajstić information content (AvgIpc) is 2.84. The van der Waals surface area contributed by atoms with E-state index in [1.54, 1.807) is 61.5 Å². The number of nitrogens with one attached hydrogen (secondary N) is 1. The third-order valence-electron chi connectivity index (χ3n) is 4.76. The minimum Gasteiger partial charge on any atom is -0.463 e. The maximum atomic E-state index is 12.9. The zero-order valence-corrected chi connectivity index (χ0v) is 19.1. The average molecular weight is 465 g/mol. The number of benzene rings is 3. The van der Waals surface area contributed by atoms with E-state index in [2.05, 4.69) is 5.32 Å². The molecule has 0 aromatic heterocycles. The summed E-state index contributed by atoms with van der Waals surface area (Å²) >= 11 is 0. The number of anilines is 2. The molecule has 0 unspecified atom stereocenters. The second kappa shape index (κ2) is 10.6. The number of ether oxygens (including phenoxy) is 1. The lowest BCUT2D eigenvalue weighted by atomic mass is 10.1. The number of carbonyl (C=O) groups excluding carboxylic acids is 2. The third-order valence-corrected chi connectivity index (χ3v) is 6.56. The summed E-state index contributed by atoms with van der Waals surface area (Å²) in [6.07, 6.45) is 2.96. The van der Waals surface area contributed by atoms with Crippen LogP contribution in [0.1, 0.15) is 22.8 Å². The topological polar surface area (TPSA) is 92.8 Å². The Hall–Kier alpha value is -3.91. The Kier molecular flexibility index (Phi) is 7.63. The van der Waals surface area contributed by atoms with E-state index >= 15 is 0 Å². The van der Waals surface area contributed by atoms with Gasteiger partial charge >= 0.3 is 5.97 Å². The smallest absolute Gasteiger partial charge is 0.330 e. The van der Waals surface area contributed by atoms with E-state index in [9.17, 15) is 18.0 Å². The van der Waals surface area contributed by atoms with E-state index in [1.165, 1.54) is 41.7 Å². The molecule has 170 valence electrons. The molecule has 0 aliphatic carbocycles. The first kappa shape index (κ1) is 23.7. The van der Waals surface area contributed by atoms with Gasteiger partial charge in [0.15, 0.2) is 0 Å². The lowest BCUT2D eigenvalue weighted by molar-refractivity contribution is -0.137. The maximum absolute atomic E-state index is 12.9. The van der Waals surface area contributed by atoms with Crippen LogP contribution < -0.4 is 9.62 Å². The fraction of sp³-hybridized carbons (Fsp3) is 0.120. The van der Waals surface area contributed by atoms with E-state index < -0.39 is 16.0 Å². The Bertz CT molecular complexity index is 1240. The Balaban J connectivity index is 1.66. The summed E-state index contributed by atoms with van der Waals surface area (Å²) in [5.74, 6) is -0.791. The van der Waals surface area contributed by atoms with Crippen LogP contribution in [0.4, 0.5) is 11.4 Å². The second-order valence-corrected chi connectivity index (χ2v) is 8.96. The van der Waals surface area contributed by atoms with E-state index in [1.807, 2.05) is 6.07 Å². The molecule has 0 bridgehead atoms. The first-order valence-electron chi connectivity index (χ1n) is 10.2. The van der Waals surface area contributed by atoms with Crippen molar-refractivity contribution in [2.75, 3.05) is 23.3 Å². The molecular formula is C25H24N2O5S. The fourth-order valence-electron chi connectivity index (χ4n) is 2.95. The Morgan fingerprint density at radius 2 is 1.58 bits per heavy atom. The number of sulfonamides is 1. The van der Waals surface area contributed by atoms with Crippen LogP contribution >= 0.6 is 0 Å². The SMILES string of the molecule is CCOC(=O)/C=C/c1ccc(NC(=O)c2ccc(S(=O)(=O)N(C)c3ccccc3)cc2)cc1. The van der Waals surface area contributed by atoms with Crippen LogP contribution in [0.25, 0.3) is 6.08 Å². The van der Waals surface area contributed by atoms with Crippen molar-refractivity contribution >= 4 is 39.4 Å². The Labute approximate surface area is 193 Å². The summed E-state index contributed by atoms with van der Waals surface area (Å²) in [5, 5.41) is 2.76. The minimum atomic E-state index is -3.75. The first-order valence-corrected chi connectivity index (χ1v) is 11.7.